The Morgan fingerprint density at radius 2 is 1.95 bits per heavy atom. The summed E-state index contributed by atoms with van der Waals surface area (Å²) in [7, 11) is 1.45. The fraction of sp³-hybridized carbons (Fsp3) is 0.727. The van der Waals surface area contributed by atoms with E-state index in [4.69, 9.17) is 9.84 Å². The van der Waals surface area contributed by atoms with E-state index in [1.165, 1.54) is 11.9 Å². The lowest BCUT2D eigenvalue weighted by Crippen LogP contribution is -2.49. The maximum Gasteiger partial charge on any atom is 0.337 e. The third-order valence-corrected chi connectivity index (χ3v) is 2.35. The van der Waals surface area contributed by atoms with Crippen LogP contribution in [0.4, 0.5) is 4.79 Å². The molecule has 0 heterocycles. The predicted molar refractivity (Wildman–Crippen MR) is 65.5 cm³/mol. The van der Waals surface area contributed by atoms with Gasteiger partial charge in [-0.3, -0.25) is 4.79 Å². The third-order valence-electron chi connectivity index (χ3n) is 2.35. The zero-order valence-electron chi connectivity index (χ0n) is 11.3. The molecule has 8 nitrogen and oxygen atoms in total. The van der Waals surface area contributed by atoms with Crippen molar-refractivity contribution in [2.24, 2.45) is 0 Å². The van der Waals surface area contributed by atoms with Crippen LogP contribution in [0.2, 0.25) is 0 Å². The lowest BCUT2D eigenvalue weighted by molar-refractivity contribution is -0.155. The average molecular weight is 276 g/mol. The molecule has 2 amide bonds. The molecule has 8 heteroatoms. The van der Waals surface area contributed by atoms with Crippen LogP contribution in [0, 0.1) is 0 Å². The summed E-state index contributed by atoms with van der Waals surface area (Å²) in [5, 5.41) is 20.3. The summed E-state index contributed by atoms with van der Waals surface area (Å²) in [6.45, 7) is 2.75. The van der Waals surface area contributed by atoms with Gasteiger partial charge in [-0.15, -0.1) is 0 Å². The summed E-state index contributed by atoms with van der Waals surface area (Å²) in [6, 6.07) is -0.578. The summed E-state index contributed by atoms with van der Waals surface area (Å²) in [4.78, 5) is 34.4. The number of carboxylic acid groups (broad SMARTS) is 1. The number of ether oxygens (including phenoxy) is 1. The van der Waals surface area contributed by atoms with Crippen molar-refractivity contribution in [3.8, 4) is 0 Å². The quantitative estimate of drug-likeness (QED) is 0.535. The van der Waals surface area contributed by atoms with Gasteiger partial charge in [0.25, 0.3) is 0 Å². The maximum absolute atomic E-state index is 11.5. The molecule has 0 radical (unpaired) electrons. The topological polar surface area (TPSA) is 116 Å². The monoisotopic (exact) mass is 276 g/mol. The van der Waals surface area contributed by atoms with Crippen molar-refractivity contribution in [1.29, 1.82) is 0 Å². The number of amides is 2. The highest BCUT2D eigenvalue weighted by Crippen LogP contribution is 2.01. The highest BCUT2D eigenvalue weighted by atomic mass is 16.5. The van der Waals surface area contributed by atoms with Crippen LogP contribution in [0.15, 0.2) is 0 Å². The van der Waals surface area contributed by atoms with Gasteiger partial charge in [-0.05, 0) is 13.8 Å². The number of carbonyl (C=O) groups is 3. The molecule has 110 valence electrons. The molecule has 0 aliphatic carbocycles. The van der Waals surface area contributed by atoms with Crippen molar-refractivity contribution in [2.75, 3.05) is 26.7 Å². The van der Waals surface area contributed by atoms with Gasteiger partial charge in [0.2, 0.25) is 0 Å². The smallest absolute Gasteiger partial charge is 0.337 e. The molecule has 0 bridgehead atoms. The van der Waals surface area contributed by atoms with Crippen LogP contribution in [0.3, 0.4) is 0 Å². The van der Waals surface area contributed by atoms with Crippen molar-refractivity contribution in [1.82, 2.24) is 10.2 Å². The molecule has 19 heavy (non-hydrogen) atoms. The molecule has 1 unspecified atom stereocenters. The number of esters is 1. The minimum atomic E-state index is -2.03. The van der Waals surface area contributed by atoms with E-state index in [1.54, 1.807) is 6.92 Å². The zero-order chi connectivity index (χ0) is 15.1. The highest BCUT2D eigenvalue weighted by Gasteiger charge is 2.30. The number of carbonyl (C=O) groups excluding carboxylic acids is 2. The van der Waals surface area contributed by atoms with E-state index in [0.717, 1.165) is 6.92 Å². The molecule has 0 rings (SSSR count). The highest BCUT2D eigenvalue weighted by molar-refractivity contribution is 5.79. The minimum Gasteiger partial charge on any atom is -0.479 e. The molecule has 3 N–H and O–H groups in total. The van der Waals surface area contributed by atoms with Crippen molar-refractivity contribution in [3.63, 3.8) is 0 Å². The van der Waals surface area contributed by atoms with E-state index in [0.29, 0.717) is 0 Å². The van der Waals surface area contributed by atoms with E-state index in [1.807, 2.05) is 0 Å². The Balaban J connectivity index is 4.08. The number of aliphatic carboxylic acids is 1. The molecular formula is C11H20N2O6. The second-order valence-corrected chi connectivity index (χ2v) is 4.21. The van der Waals surface area contributed by atoms with Crippen LogP contribution in [0.5, 0.6) is 0 Å². The number of carboxylic acids is 1. The Labute approximate surface area is 111 Å². The Bertz CT molecular complexity index is 342. The normalized spacial score (nSPS) is 13.3. The van der Waals surface area contributed by atoms with E-state index in [-0.39, 0.29) is 19.6 Å². The maximum atomic E-state index is 11.5. The van der Waals surface area contributed by atoms with E-state index in [2.05, 4.69) is 5.32 Å². The van der Waals surface area contributed by atoms with Crippen LogP contribution < -0.4 is 5.32 Å². The van der Waals surface area contributed by atoms with E-state index < -0.39 is 30.1 Å². The number of hydrogen-bond acceptors (Lipinski definition) is 5. The summed E-state index contributed by atoms with van der Waals surface area (Å²) in [5.74, 6) is -1.85. The summed E-state index contributed by atoms with van der Waals surface area (Å²) in [5.41, 5.74) is -2.03. The standard InChI is InChI=1S/C11H20N2O6/c1-4-19-8(14)5-6-13(3)10(17)12-7-11(2,18)9(15)16/h18H,4-7H2,1-3H3,(H,12,17)(H,15,16). The summed E-state index contributed by atoms with van der Waals surface area (Å²) >= 11 is 0. The molecular weight excluding hydrogens is 256 g/mol. The number of nitrogens with zero attached hydrogens (tertiary/aromatic N) is 1. The van der Waals surface area contributed by atoms with Crippen molar-refractivity contribution < 1.29 is 29.3 Å². The number of hydrogen-bond donors (Lipinski definition) is 3. The Hall–Kier alpha value is -1.83. The van der Waals surface area contributed by atoms with Gasteiger partial charge < -0.3 is 25.2 Å². The molecule has 0 saturated carbocycles. The van der Waals surface area contributed by atoms with Gasteiger partial charge >= 0.3 is 18.0 Å². The largest absolute Gasteiger partial charge is 0.479 e. The molecule has 0 aromatic carbocycles. The van der Waals surface area contributed by atoms with E-state index in [9.17, 15) is 19.5 Å². The minimum absolute atomic E-state index is 0.0487. The fourth-order valence-corrected chi connectivity index (χ4v) is 1.05. The third kappa shape index (κ3) is 6.61. The SMILES string of the molecule is CCOC(=O)CCN(C)C(=O)NCC(C)(O)C(=O)O. The van der Waals surface area contributed by atoms with Gasteiger partial charge in [0.1, 0.15) is 0 Å². The van der Waals surface area contributed by atoms with Crippen molar-refractivity contribution in [3.05, 3.63) is 0 Å². The van der Waals surface area contributed by atoms with E-state index >= 15 is 0 Å². The first-order chi connectivity index (χ1) is 8.70. The number of nitrogens with one attached hydrogen (secondary N) is 1. The molecule has 0 aliphatic heterocycles. The van der Waals surface area contributed by atoms with Gasteiger partial charge in [-0.1, -0.05) is 0 Å². The summed E-state index contributed by atoms with van der Waals surface area (Å²) < 4.78 is 4.70. The van der Waals surface area contributed by atoms with Crippen LogP contribution in [-0.4, -0.2) is 65.4 Å². The molecule has 0 aromatic rings. The average Bonchev–Trinajstić information content (AvgIpc) is 2.33. The van der Waals surface area contributed by atoms with Crippen LogP contribution in [-0.2, 0) is 14.3 Å². The first-order valence-electron chi connectivity index (χ1n) is 5.81. The number of aliphatic hydroxyl groups is 1. The Kier molecular flexibility index (Phi) is 6.84. The summed E-state index contributed by atoms with van der Waals surface area (Å²) in [6.07, 6.45) is 0.0487. The number of urea groups is 1. The first kappa shape index (κ1) is 17.2. The second-order valence-electron chi connectivity index (χ2n) is 4.21. The second kappa shape index (κ2) is 7.57. The molecule has 0 saturated heterocycles. The van der Waals surface area contributed by atoms with Gasteiger partial charge in [0.15, 0.2) is 5.60 Å². The van der Waals surface area contributed by atoms with Gasteiger partial charge in [-0.2, -0.15) is 0 Å². The van der Waals surface area contributed by atoms with Gasteiger partial charge in [-0.25, -0.2) is 9.59 Å². The fourth-order valence-electron chi connectivity index (χ4n) is 1.05. The molecule has 0 spiro atoms. The Morgan fingerprint density at radius 3 is 2.42 bits per heavy atom. The zero-order valence-corrected chi connectivity index (χ0v) is 11.3. The first-order valence-corrected chi connectivity index (χ1v) is 5.81. The van der Waals surface area contributed by atoms with Crippen molar-refractivity contribution in [2.45, 2.75) is 25.9 Å². The lowest BCUT2D eigenvalue weighted by atomic mass is 10.1. The van der Waals surface area contributed by atoms with Crippen LogP contribution in [0.1, 0.15) is 20.3 Å². The molecule has 0 aliphatic rings. The van der Waals surface area contributed by atoms with Crippen LogP contribution in [0.25, 0.3) is 0 Å². The Morgan fingerprint density at radius 1 is 1.37 bits per heavy atom. The van der Waals surface area contributed by atoms with Crippen molar-refractivity contribution >= 4 is 18.0 Å². The molecule has 0 aromatic heterocycles. The van der Waals surface area contributed by atoms with Gasteiger partial charge in [0, 0.05) is 13.6 Å². The molecule has 0 fully saturated rings. The molecule has 1 atom stereocenters. The lowest BCUT2D eigenvalue weighted by Gasteiger charge is -2.22. The predicted octanol–water partition coefficient (Wildman–Crippen LogP) is -0.583. The van der Waals surface area contributed by atoms with Gasteiger partial charge in [0.05, 0.1) is 19.6 Å². The number of rotatable bonds is 7. The van der Waals surface area contributed by atoms with Crippen LogP contribution >= 0.6 is 0 Å².